The summed E-state index contributed by atoms with van der Waals surface area (Å²) in [5.41, 5.74) is 0.796. The van der Waals surface area contributed by atoms with Crippen LogP contribution in [0.15, 0.2) is 27.5 Å². The van der Waals surface area contributed by atoms with Crippen molar-refractivity contribution in [2.24, 2.45) is 4.40 Å². The van der Waals surface area contributed by atoms with Crippen LogP contribution in [-0.2, 0) is 11.4 Å². The summed E-state index contributed by atoms with van der Waals surface area (Å²) in [7, 11) is 0. The fourth-order valence-corrected chi connectivity index (χ4v) is 1.92. The minimum atomic E-state index is -1.38. The maximum absolute atomic E-state index is 13.6. The first kappa shape index (κ1) is 14.5. The number of halogens is 1. The summed E-state index contributed by atoms with van der Waals surface area (Å²) in [6, 6.07) is 4.59. The Labute approximate surface area is 110 Å². The first-order valence-electron chi connectivity index (χ1n) is 5.18. The summed E-state index contributed by atoms with van der Waals surface area (Å²) in [6.07, 6.45) is 0. The minimum Gasteiger partial charge on any atom is -0.591 e. The van der Waals surface area contributed by atoms with Gasteiger partial charge in [-0.05, 0) is 45.9 Å². The molecule has 1 atom stereocenters. The van der Waals surface area contributed by atoms with Crippen molar-refractivity contribution in [3.63, 3.8) is 0 Å². The van der Waals surface area contributed by atoms with E-state index in [1.807, 2.05) is 20.8 Å². The normalized spacial score (nSPS) is 14.9. The molecule has 0 aliphatic heterocycles. The van der Waals surface area contributed by atoms with Crippen LogP contribution in [0.25, 0.3) is 0 Å². The van der Waals surface area contributed by atoms with Gasteiger partial charge in [0.1, 0.15) is 21.9 Å². The van der Waals surface area contributed by atoms with E-state index < -0.39 is 21.9 Å². The van der Waals surface area contributed by atoms with Gasteiger partial charge in [-0.25, -0.2) is 4.39 Å². The number of nitrogens with zero attached hydrogens (tertiary/aromatic N) is 1. The maximum atomic E-state index is 13.6. The van der Waals surface area contributed by atoms with Crippen molar-refractivity contribution >= 4 is 29.7 Å². The smallest absolute Gasteiger partial charge is 0.144 e. The molecule has 0 amide bonds. The second kappa shape index (κ2) is 5.42. The Morgan fingerprint density at radius 2 is 2.00 bits per heavy atom. The molecule has 0 bridgehead atoms. The fourth-order valence-electron chi connectivity index (χ4n) is 1.11. The van der Waals surface area contributed by atoms with E-state index in [9.17, 15) is 8.94 Å². The van der Waals surface area contributed by atoms with E-state index in [-0.39, 0.29) is 0 Å². The molecule has 0 saturated heterocycles. The number of benzene rings is 1. The van der Waals surface area contributed by atoms with Crippen LogP contribution in [0.2, 0.25) is 0 Å². The van der Waals surface area contributed by atoms with Gasteiger partial charge in [0.05, 0.1) is 5.71 Å². The standard InChI is InChI=1S/C12H16FNOS2/c1-8(14-17(15)12(2,3)4)10-6-5-9(16)7-11(10)13/h5-7,16H,1-4H3/b14-8+/t17-/m1/s1. The highest BCUT2D eigenvalue weighted by Gasteiger charge is 2.27. The first-order chi connectivity index (χ1) is 7.71. The summed E-state index contributed by atoms with van der Waals surface area (Å²) in [5.74, 6) is -0.398. The maximum Gasteiger partial charge on any atom is 0.144 e. The van der Waals surface area contributed by atoms with Gasteiger partial charge in [0.15, 0.2) is 0 Å². The predicted molar refractivity (Wildman–Crippen MR) is 73.8 cm³/mol. The van der Waals surface area contributed by atoms with Gasteiger partial charge >= 0.3 is 0 Å². The molecule has 1 aromatic rings. The average molecular weight is 273 g/mol. The van der Waals surface area contributed by atoms with Gasteiger partial charge in [0.25, 0.3) is 0 Å². The van der Waals surface area contributed by atoms with E-state index in [0.29, 0.717) is 16.2 Å². The number of hydrogen-bond acceptors (Lipinski definition) is 3. The first-order valence-corrected chi connectivity index (χ1v) is 6.73. The Bertz CT molecular complexity index is 441. The molecule has 0 saturated carbocycles. The van der Waals surface area contributed by atoms with Crippen LogP contribution in [-0.4, -0.2) is 15.0 Å². The van der Waals surface area contributed by atoms with Crippen molar-refractivity contribution in [3.05, 3.63) is 29.6 Å². The predicted octanol–water partition coefficient (Wildman–Crippen LogP) is 3.39. The van der Waals surface area contributed by atoms with Crippen LogP contribution in [0.3, 0.4) is 0 Å². The summed E-state index contributed by atoms with van der Waals surface area (Å²) in [4.78, 5) is 0.552. The molecule has 2 nitrogen and oxygen atoms in total. The summed E-state index contributed by atoms with van der Waals surface area (Å²) in [6.45, 7) is 7.13. The van der Waals surface area contributed by atoms with Crippen LogP contribution in [0, 0.1) is 5.82 Å². The zero-order valence-corrected chi connectivity index (χ0v) is 12.0. The monoisotopic (exact) mass is 273 g/mol. The minimum absolute atomic E-state index is 0.361. The van der Waals surface area contributed by atoms with Crippen molar-refractivity contribution in [2.75, 3.05) is 0 Å². The van der Waals surface area contributed by atoms with E-state index in [0.717, 1.165) is 0 Å². The van der Waals surface area contributed by atoms with Gasteiger partial charge in [-0.15, -0.1) is 12.6 Å². The Kier molecular flexibility index (Phi) is 4.63. The van der Waals surface area contributed by atoms with Gasteiger partial charge in [-0.2, -0.15) is 0 Å². The van der Waals surface area contributed by atoms with E-state index in [4.69, 9.17) is 0 Å². The largest absolute Gasteiger partial charge is 0.591 e. The molecule has 0 aliphatic rings. The number of hydrogen-bond donors (Lipinski definition) is 1. The molecule has 0 aromatic heterocycles. The number of rotatable bonds is 2. The van der Waals surface area contributed by atoms with Crippen molar-refractivity contribution in [3.8, 4) is 0 Å². The zero-order valence-electron chi connectivity index (χ0n) is 10.3. The quantitative estimate of drug-likeness (QED) is 0.500. The highest BCUT2D eigenvalue weighted by Crippen LogP contribution is 2.20. The Hall–Kier alpha value is -0.520. The van der Waals surface area contributed by atoms with Gasteiger partial charge in [0, 0.05) is 10.5 Å². The van der Waals surface area contributed by atoms with Gasteiger partial charge in [-0.3, -0.25) is 0 Å². The lowest BCUT2D eigenvalue weighted by Gasteiger charge is -2.18. The van der Waals surface area contributed by atoms with Gasteiger partial charge in [-0.1, -0.05) is 4.40 Å². The molecule has 5 heteroatoms. The summed E-state index contributed by atoms with van der Waals surface area (Å²) in [5, 5.41) is 0. The van der Waals surface area contributed by atoms with Crippen molar-refractivity contribution < 1.29 is 8.94 Å². The lowest BCUT2D eigenvalue weighted by Crippen LogP contribution is -2.26. The average Bonchev–Trinajstić information content (AvgIpc) is 2.15. The van der Waals surface area contributed by atoms with Gasteiger partial charge < -0.3 is 4.55 Å². The Morgan fingerprint density at radius 1 is 1.41 bits per heavy atom. The molecule has 0 unspecified atom stereocenters. The molecule has 0 radical (unpaired) electrons. The van der Waals surface area contributed by atoms with Crippen molar-refractivity contribution in [1.82, 2.24) is 0 Å². The lowest BCUT2D eigenvalue weighted by atomic mass is 10.1. The molecule has 0 heterocycles. The van der Waals surface area contributed by atoms with Crippen molar-refractivity contribution in [2.45, 2.75) is 37.3 Å². The lowest BCUT2D eigenvalue weighted by molar-refractivity contribution is 0.561. The van der Waals surface area contributed by atoms with E-state index in [2.05, 4.69) is 17.0 Å². The van der Waals surface area contributed by atoms with Crippen LogP contribution in [0.5, 0.6) is 0 Å². The van der Waals surface area contributed by atoms with E-state index in [1.165, 1.54) is 6.07 Å². The zero-order chi connectivity index (χ0) is 13.2. The Morgan fingerprint density at radius 3 is 2.47 bits per heavy atom. The molecular formula is C12H16FNOS2. The molecule has 0 aliphatic carbocycles. The third-order valence-electron chi connectivity index (χ3n) is 2.09. The number of thiol groups is 1. The molecular weight excluding hydrogens is 257 g/mol. The summed E-state index contributed by atoms with van der Waals surface area (Å²) < 4.78 is 29.0. The molecule has 0 spiro atoms. The van der Waals surface area contributed by atoms with Gasteiger partial charge in [0.2, 0.25) is 0 Å². The topological polar surface area (TPSA) is 35.4 Å². The molecule has 17 heavy (non-hydrogen) atoms. The molecule has 0 N–H and O–H groups in total. The summed E-state index contributed by atoms with van der Waals surface area (Å²) >= 11 is 2.67. The van der Waals surface area contributed by atoms with E-state index >= 15 is 0 Å². The second-order valence-corrected chi connectivity index (χ2v) is 7.12. The SMILES string of the molecule is C/C(=N\[S@+]([O-])C(C)(C)C)c1ccc(S)cc1F. The molecule has 1 rings (SSSR count). The molecule has 94 valence electrons. The molecule has 1 aromatic carbocycles. The second-order valence-electron chi connectivity index (χ2n) is 4.70. The van der Waals surface area contributed by atoms with Crippen LogP contribution in [0.1, 0.15) is 33.3 Å². The van der Waals surface area contributed by atoms with Crippen LogP contribution >= 0.6 is 12.6 Å². The third kappa shape index (κ3) is 4.01. The van der Waals surface area contributed by atoms with Crippen LogP contribution in [0.4, 0.5) is 4.39 Å². The third-order valence-corrected chi connectivity index (χ3v) is 3.85. The molecule has 0 fully saturated rings. The fraction of sp³-hybridized carbons (Fsp3) is 0.417. The van der Waals surface area contributed by atoms with Crippen LogP contribution < -0.4 is 0 Å². The highest BCUT2D eigenvalue weighted by atomic mass is 32.2. The van der Waals surface area contributed by atoms with E-state index in [1.54, 1.807) is 19.1 Å². The Balaban J connectivity index is 3.04. The van der Waals surface area contributed by atoms with Crippen molar-refractivity contribution in [1.29, 1.82) is 0 Å². The highest BCUT2D eigenvalue weighted by molar-refractivity contribution is 7.91.